The molecule has 0 spiro atoms. The summed E-state index contributed by atoms with van der Waals surface area (Å²) in [6.45, 7) is 1.09. The van der Waals surface area contributed by atoms with Gasteiger partial charge in [0.05, 0.1) is 4.90 Å². The Morgan fingerprint density at radius 2 is 1.83 bits per heavy atom. The van der Waals surface area contributed by atoms with Crippen LogP contribution >= 0.6 is 11.6 Å². The molecule has 0 bridgehead atoms. The fraction of sp³-hybridized carbons (Fsp3) is 0.188. The fourth-order valence-corrected chi connectivity index (χ4v) is 3.22. The smallest absolute Gasteiger partial charge is 0.321 e. The van der Waals surface area contributed by atoms with Crippen molar-refractivity contribution < 1.29 is 22.3 Å². The van der Waals surface area contributed by atoms with Crippen LogP contribution in [0.2, 0.25) is 5.02 Å². The van der Waals surface area contributed by atoms with Crippen LogP contribution in [0.4, 0.5) is 4.39 Å². The summed E-state index contributed by atoms with van der Waals surface area (Å²) in [5.74, 6) is -1.31. The van der Waals surface area contributed by atoms with E-state index in [4.69, 9.17) is 16.3 Å². The van der Waals surface area contributed by atoms with Crippen LogP contribution in [-0.4, -0.2) is 20.9 Å². The van der Waals surface area contributed by atoms with Crippen LogP contribution in [0.25, 0.3) is 0 Å². The minimum atomic E-state index is -3.92. The third-order valence-corrected chi connectivity index (χ3v) is 4.94. The number of benzene rings is 2. The summed E-state index contributed by atoms with van der Waals surface area (Å²) < 4.78 is 44.1. The lowest BCUT2D eigenvalue weighted by molar-refractivity contribution is -0.147. The van der Waals surface area contributed by atoms with Gasteiger partial charge in [-0.3, -0.25) is 4.79 Å². The maximum Gasteiger partial charge on any atom is 0.321 e. The lowest BCUT2D eigenvalue weighted by atomic mass is 10.1. The van der Waals surface area contributed by atoms with E-state index in [0.717, 1.165) is 24.3 Å². The second-order valence-corrected chi connectivity index (χ2v) is 7.11. The highest BCUT2D eigenvalue weighted by Crippen LogP contribution is 2.24. The first-order valence-corrected chi connectivity index (χ1v) is 8.85. The Kier molecular flexibility index (Phi) is 5.93. The Morgan fingerprint density at radius 1 is 1.21 bits per heavy atom. The molecule has 2 rings (SSSR count). The van der Waals surface area contributed by atoms with Gasteiger partial charge < -0.3 is 4.74 Å². The third kappa shape index (κ3) is 4.77. The summed E-state index contributed by atoms with van der Waals surface area (Å²) in [7, 11) is -3.92. The zero-order valence-electron chi connectivity index (χ0n) is 12.7. The summed E-state index contributed by atoms with van der Waals surface area (Å²) in [6.07, 6.45) is -0.624. The van der Waals surface area contributed by atoms with Crippen LogP contribution in [0.1, 0.15) is 18.6 Å². The van der Waals surface area contributed by atoms with Crippen molar-refractivity contribution in [1.29, 1.82) is 0 Å². The number of nitrogens with one attached hydrogen (secondary N) is 1. The number of carbonyl (C=O) groups excluding carboxylic acids is 1. The van der Waals surface area contributed by atoms with E-state index in [9.17, 15) is 17.6 Å². The van der Waals surface area contributed by atoms with Crippen LogP contribution in [0, 0.1) is 5.82 Å². The van der Waals surface area contributed by atoms with Crippen molar-refractivity contribution in [2.24, 2.45) is 0 Å². The Balaban J connectivity index is 1.95. The van der Waals surface area contributed by atoms with E-state index in [1.807, 2.05) is 0 Å². The summed E-state index contributed by atoms with van der Waals surface area (Å²) in [6, 6.07) is 11.1. The minimum Gasteiger partial charge on any atom is -0.457 e. The number of carbonyl (C=O) groups is 1. The monoisotopic (exact) mass is 371 g/mol. The molecule has 24 heavy (non-hydrogen) atoms. The largest absolute Gasteiger partial charge is 0.457 e. The average Bonchev–Trinajstić information content (AvgIpc) is 2.54. The molecule has 2 aromatic rings. The van der Waals surface area contributed by atoms with E-state index in [1.165, 1.54) is 0 Å². The molecule has 0 aromatic heterocycles. The van der Waals surface area contributed by atoms with Crippen molar-refractivity contribution in [2.75, 3.05) is 6.54 Å². The number of esters is 1. The van der Waals surface area contributed by atoms with Gasteiger partial charge in [-0.2, -0.15) is 4.72 Å². The minimum absolute atomic E-state index is 0.143. The predicted molar refractivity (Wildman–Crippen MR) is 87.5 cm³/mol. The molecule has 8 heteroatoms. The molecule has 0 saturated carbocycles. The van der Waals surface area contributed by atoms with Gasteiger partial charge in [0.25, 0.3) is 0 Å². The predicted octanol–water partition coefficient (Wildman–Crippen LogP) is 3.06. The van der Waals surface area contributed by atoms with Crippen molar-refractivity contribution >= 4 is 27.6 Å². The highest BCUT2D eigenvalue weighted by molar-refractivity contribution is 7.89. The summed E-state index contributed by atoms with van der Waals surface area (Å²) in [5.41, 5.74) is 0.619. The van der Waals surface area contributed by atoms with E-state index in [2.05, 4.69) is 4.72 Å². The lowest BCUT2D eigenvalue weighted by Crippen LogP contribution is -2.31. The Bertz CT molecular complexity index is 824. The molecule has 1 N–H and O–H groups in total. The van der Waals surface area contributed by atoms with Gasteiger partial charge in [0.15, 0.2) is 0 Å². The topological polar surface area (TPSA) is 72.5 Å². The van der Waals surface area contributed by atoms with Crippen molar-refractivity contribution in [3.05, 3.63) is 64.9 Å². The summed E-state index contributed by atoms with van der Waals surface area (Å²) in [4.78, 5) is 11.7. The SMILES string of the molecule is C[C@H](OC(=O)CNS(=O)(=O)c1ccc(F)cc1)c1ccccc1Cl. The van der Waals surface area contributed by atoms with Crippen molar-refractivity contribution in [3.8, 4) is 0 Å². The molecule has 0 aliphatic carbocycles. The third-order valence-electron chi connectivity index (χ3n) is 3.18. The Hall–Kier alpha value is -1.96. The Labute approximate surface area is 144 Å². The highest BCUT2D eigenvalue weighted by atomic mass is 35.5. The molecule has 128 valence electrons. The first-order valence-electron chi connectivity index (χ1n) is 6.99. The molecule has 1 atom stereocenters. The molecule has 0 saturated heterocycles. The maximum atomic E-state index is 12.8. The fourth-order valence-electron chi connectivity index (χ4n) is 1.96. The van der Waals surface area contributed by atoms with Crippen molar-refractivity contribution in [1.82, 2.24) is 4.72 Å². The molecular formula is C16H15ClFNO4S. The van der Waals surface area contributed by atoms with Crippen LogP contribution in [0.3, 0.4) is 0 Å². The molecule has 0 radical (unpaired) electrons. The van der Waals surface area contributed by atoms with Crippen molar-refractivity contribution in [3.63, 3.8) is 0 Å². The van der Waals surface area contributed by atoms with Gasteiger partial charge in [0.1, 0.15) is 18.5 Å². The first kappa shape index (κ1) is 18.4. The second kappa shape index (κ2) is 7.74. The summed E-state index contributed by atoms with van der Waals surface area (Å²) in [5, 5.41) is 0.449. The highest BCUT2D eigenvalue weighted by Gasteiger charge is 2.18. The van der Waals surface area contributed by atoms with Crippen LogP contribution in [0.15, 0.2) is 53.4 Å². The van der Waals surface area contributed by atoms with E-state index >= 15 is 0 Å². The number of ether oxygens (including phenoxy) is 1. The zero-order valence-corrected chi connectivity index (χ0v) is 14.3. The van der Waals surface area contributed by atoms with E-state index < -0.39 is 34.5 Å². The maximum absolute atomic E-state index is 12.8. The molecule has 2 aromatic carbocycles. The number of sulfonamides is 1. The molecule has 0 fully saturated rings. The normalized spacial score (nSPS) is 12.6. The number of hydrogen-bond donors (Lipinski definition) is 1. The number of halogens is 2. The van der Waals surface area contributed by atoms with E-state index in [0.29, 0.717) is 10.6 Å². The number of hydrogen-bond acceptors (Lipinski definition) is 4. The number of rotatable bonds is 6. The molecule has 0 heterocycles. The lowest BCUT2D eigenvalue weighted by Gasteiger charge is -2.15. The molecular weight excluding hydrogens is 357 g/mol. The quantitative estimate of drug-likeness (QED) is 0.792. The zero-order chi connectivity index (χ0) is 17.7. The molecule has 0 unspecified atom stereocenters. The molecule has 0 aliphatic heterocycles. The van der Waals surface area contributed by atoms with Gasteiger partial charge in [-0.1, -0.05) is 29.8 Å². The van der Waals surface area contributed by atoms with Gasteiger partial charge >= 0.3 is 5.97 Å². The molecule has 0 amide bonds. The van der Waals surface area contributed by atoms with Gasteiger partial charge in [0, 0.05) is 10.6 Å². The van der Waals surface area contributed by atoms with E-state index in [1.54, 1.807) is 31.2 Å². The summed E-state index contributed by atoms with van der Waals surface area (Å²) >= 11 is 6.01. The van der Waals surface area contributed by atoms with Crippen LogP contribution in [0.5, 0.6) is 0 Å². The molecule has 5 nitrogen and oxygen atoms in total. The van der Waals surface area contributed by atoms with Crippen molar-refractivity contribution in [2.45, 2.75) is 17.9 Å². The van der Waals surface area contributed by atoms with Crippen LogP contribution in [-0.2, 0) is 19.6 Å². The first-order chi connectivity index (χ1) is 11.3. The Morgan fingerprint density at radius 3 is 2.46 bits per heavy atom. The van der Waals surface area contributed by atoms with Crippen LogP contribution < -0.4 is 4.72 Å². The van der Waals surface area contributed by atoms with E-state index in [-0.39, 0.29) is 4.90 Å². The van der Waals surface area contributed by atoms with Gasteiger partial charge in [-0.25, -0.2) is 12.8 Å². The molecule has 0 aliphatic rings. The van der Waals surface area contributed by atoms with Gasteiger partial charge in [-0.05, 0) is 37.3 Å². The standard InChI is InChI=1S/C16H15ClFNO4S/c1-11(14-4-2-3-5-15(14)17)23-16(20)10-19-24(21,22)13-8-6-12(18)7-9-13/h2-9,11,19H,10H2,1H3/t11-/m0/s1. The second-order valence-electron chi connectivity index (χ2n) is 4.93. The van der Waals surface area contributed by atoms with Gasteiger partial charge in [0.2, 0.25) is 10.0 Å². The average molecular weight is 372 g/mol. The van der Waals surface area contributed by atoms with Gasteiger partial charge in [-0.15, -0.1) is 0 Å².